The molecule has 0 aliphatic heterocycles. The first-order valence-electron chi connectivity index (χ1n) is 10.2. The molecule has 4 nitrogen and oxygen atoms in total. The van der Waals surface area contributed by atoms with E-state index >= 15 is 0 Å². The lowest BCUT2D eigenvalue weighted by Gasteiger charge is -2.36. The van der Waals surface area contributed by atoms with Crippen molar-refractivity contribution in [3.63, 3.8) is 0 Å². The first kappa shape index (κ1) is 22.1. The molecule has 1 aliphatic carbocycles. The summed E-state index contributed by atoms with van der Waals surface area (Å²) in [4.78, 5) is 24.9. The van der Waals surface area contributed by atoms with Gasteiger partial charge in [0.1, 0.15) is 5.78 Å². The van der Waals surface area contributed by atoms with Gasteiger partial charge in [-0.2, -0.15) is 0 Å². The van der Waals surface area contributed by atoms with E-state index in [0.717, 1.165) is 19.3 Å². The summed E-state index contributed by atoms with van der Waals surface area (Å²) in [6.45, 7) is 12.7. The van der Waals surface area contributed by atoms with Crippen molar-refractivity contribution < 1.29 is 9.59 Å². The Labute approximate surface area is 154 Å². The van der Waals surface area contributed by atoms with E-state index in [0.29, 0.717) is 35.9 Å². The number of carbonyl (C=O) groups is 2. The van der Waals surface area contributed by atoms with Gasteiger partial charge in [0.05, 0.1) is 6.04 Å². The Kier molecular flexibility index (Phi) is 9.12. The molecule has 1 aliphatic rings. The van der Waals surface area contributed by atoms with Gasteiger partial charge in [-0.3, -0.25) is 9.59 Å². The molecule has 0 heterocycles. The summed E-state index contributed by atoms with van der Waals surface area (Å²) in [5.74, 6) is 2.68. The number of Topliss-reactive ketones (excluding diaryl/α,β-unsaturated/α-hetero) is 1. The highest BCUT2D eigenvalue weighted by Crippen LogP contribution is 2.39. The van der Waals surface area contributed by atoms with Crippen LogP contribution in [-0.4, -0.2) is 23.8 Å². The van der Waals surface area contributed by atoms with E-state index in [1.54, 1.807) is 6.92 Å². The molecule has 4 heteroatoms. The van der Waals surface area contributed by atoms with Crippen LogP contribution in [0.25, 0.3) is 0 Å². The molecule has 0 aromatic rings. The highest BCUT2D eigenvalue weighted by molar-refractivity contribution is 5.82. The van der Waals surface area contributed by atoms with Gasteiger partial charge in [0, 0.05) is 18.4 Å². The minimum atomic E-state index is -0.505. The highest BCUT2D eigenvalue weighted by Gasteiger charge is 2.35. The van der Waals surface area contributed by atoms with Crippen LogP contribution in [0.15, 0.2) is 0 Å². The summed E-state index contributed by atoms with van der Waals surface area (Å²) < 4.78 is 0. The molecule has 146 valence electrons. The molecule has 1 amide bonds. The quantitative estimate of drug-likeness (QED) is 0.660. The zero-order chi connectivity index (χ0) is 19.1. The average Bonchev–Trinajstić information content (AvgIpc) is 2.51. The van der Waals surface area contributed by atoms with Crippen LogP contribution in [0.2, 0.25) is 0 Å². The Balaban J connectivity index is 2.66. The number of hydrogen-bond acceptors (Lipinski definition) is 3. The number of nitrogens with two attached hydrogens (primary N) is 1. The summed E-state index contributed by atoms with van der Waals surface area (Å²) >= 11 is 0. The third-order valence-corrected chi connectivity index (χ3v) is 5.69. The van der Waals surface area contributed by atoms with Crippen molar-refractivity contribution in [1.82, 2.24) is 5.32 Å². The van der Waals surface area contributed by atoms with Crippen LogP contribution in [0.4, 0.5) is 0 Å². The van der Waals surface area contributed by atoms with E-state index < -0.39 is 6.04 Å². The molecule has 0 spiro atoms. The zero-order valence-corrected chi connectivity index (χ0v) is 17.2. The number of hydrogen-bond donors (Lipinski definition) is 2. The smallest absolute Gasteiger partial charge is 0.236 e. The number of carbonyl (C=O) groups excluding carboxylic acids is 2. The summed E-state index contributed by atoms with van der Waals surface area (Å²) in [6, 6.07) is -0.462. The van der Waals surface area contributed by atoms with Gasteiger partial charge in [-0.1, -0.05) is 41.0 Å². The van der Waals surface area contributed by atoms with Crippen LogP contribution in [0.1, 0.15) is 80.1 Å². The molecule has 0 saturated heterocycles. The Morgan fingerprint density at radius 3 is 2.28 bits per heavy atom. The average molecular weight is 353 g/mol. The maximum atomic E-state index is 12.9. The highest BCUT2D eigenvalue weighted by atomic mass is 16.2. The van der Waals surface area contributed by atoms with Crippen molar-refractivity contribution in [3.8, 4) is 0 Å². The third kappa shape index (κ3) is 7.47. The fourth-order valence-electron chi connectivity index (χ4n) is 4.22. The van der Waals surface area contributed by atoms with Crippen molar-refractivity contribution >= 4 is 11.7 Å². The van der Waals surface area contributed by atoms with Gasteiger partial charge in [0.15, 0.2) is 0 Å². The van der Waals surface area contributed by atoms with Crippen LogP contribution >= 0.6 is 0 Å². The molecule has 1 fully saturated rings. The Morgan fingerprint density at radius 2 is 1.76 bits per heavy atom. The zero-order valence-electron chi connectivity index (χ0n) is 17.2. The van der Waals surface area contributed by atoms with Gasteiger partial charge < -0.3 is 11.1 Å². The predicted molar refractivity (Wildman–Crippen MR) is 104 cm³/mol. The Bertz CT molecular complexity index is 432. The second-order valence-electron chi connectivity index (χ2n) is 9.06. The SMILES string of the molecule is CC(C)C[C@@H](CCC(=O)[C@@H]1C[C@H](C)CC[C@H]1C(C)C)NC(=O)[C@@H](C)N. The van der Waals surface area contributed by atoms with E-state index in [1.165, 1.54) is 12.8 Å². The summed E-state index contributed by atoms with van der Waals surface area (Å²) in [6.07, 6.45) is 5.63. The van der Waals surface area contributed by atoms with E-state index in [-0.39, 0.29) is 17.9 Å². The van der Waals surface area contributed by atoms with E-state index in [4.69, 9.17) is 5.73 Å². The van der Waals surface area contributed by atoms with Gasteiger partial charge in [-0.15, -0.1) is 0 Å². The van der Waals surface area contributed by atoms with Gasteiger partial charge in [-0.25, -0.2) is 0 Å². The van der Waals surface area contributed by atoms with Gasteiger partial charge >= 0.3 is 0 Å². The minimum absolute atomic E-state index is 0.0426. The molecule has 25 heavy (non-hydrogen) atoms. The largest absolute Gasteiger partial charge is 0.352 e. The van der Waals surface area contributed by atoms with Crippen molar-refractivity contribution in [1.29, 1.82) is 0 Å². The molecule has 5 atom stereocenters. The van der Waals surface area contributed by atoms with Crippen LogP contribution in [-0.2, 0) is 9.59 Å². The minimum Gasteiger partial charge on any atom is -0.352 e. The first-order valence-corrected chi connectivity index (χ1v) is 10.2. The standard InChI is InChI=1S/C21H40N2O2/c1-13(2)11-17(23-21(25)16(6)22)8-10-20(24)19-12-15(5)7-9-18(19)14(3)4/h13-19H,7-12,22H2,1-6H3,(H,23,25)/t15-,16-,17-,18+,19-/m1/s1. The van der Waals surface area contributed by atoms with Crippen LogP contribution in [0, 0.1) is 29.6 Å². The van der Waals surface area contributed by atoms with Crippen molar-refractivity contribution in [2.45, 2.75) is 92.2 Å². The molecule has 0 aromatic carbocycles. The van der Waals surface area contributed by atoms with Gasteiger partial charge in [0.25, 0.3) is 0 Å². The molecular formula is C21H40N2O2. The van der Waals surface area contributed by atoms with Gasteiger partial charge in [0.2, 0.25) is 5.91 Å². The molecular weight excluding hydrogens is 312 g/mol. The van der Waals surface area contributed by atoms with Gasteiger partial charge in [-0.05, 0) is 56.3 Å². The fraction of sp³-hybridized carbons (Fsp3) is 0.905. The van der Waals surface area contributed by atoms with Crippen LogP contribution < -0.4 is 11.1 Å². The molecule has 0 radical (unpaired) electrons. The number of rotatable bonds is 9. The second-order valence-corrected chi connectivity index (χ2v) is 9.06. The lowest BCUT2D eigenvalue weighted by molar-refractivity contribution is -0.128. The van der Waals surface area contributed by atoms with E-state index in [1.807, 2.05) is 0 Å². The molecule has 0 bridgehead atoms. The normalized spacial score (nSPS) is 26.5. The topological polar surface area (TPSA) is 72.2 Å². The number of ketones is 1. The lowest BCUT2D eigenvalue weighted by atomic mass is 9.68. The summed E-state index contributed by atoms with van der Waals surface area (Å²) in [7, 11) is 0. The maximum absolute atomic E-state index is 12.9. The lowest BCUT2D eigenvalue weighted by Crippen LogP contribution is -2.44. The Hall–Kier alpha value is -0.900. The third-order valence-electron chi connectivity index (χ3n) is 5.69. The number of amides is 1. The van der Waals surface area contributed by atoms with Crippen molar-refractivity contribution in [3.05, 3.63) is 0 Å². The monoisotopic (exact) mass is 352 g/mol. The fourth-order valence-corrected chi connectivity index (χ4v) is 4.22. The number of nitrogens with one attached hydrogen (secondary N) is 1. The summed E-state index contributed by atoms with van der Waals surface area (Å²) in [5, 5.41) is 3.03. The van der Waals surface area contributed by atoms with Crippen LogP contribution in [0.5, 0.6) is 0 Å². The molecule has 0 aromatic heterocycles. The van der Waals surface area contributed by atoms with Crippen molar-refractivity contribution in [2.75, 3.05) is 0 Å². The molecule has 1 rings (SSSR count). The molecule has 0 unspecified atom stereocenters. The summed E-state index contributed by atoms with van der Waals surface area (Å²) in [5.41, 5.74) is 5.68. The van der Waals surface area contributed by atoms with Crippen molar-refractivity contribution in [2.24, 2.45) is 35.3 Å². The first-order chi connectivity index (χ1) is 11.6. The predicted octanol–water partition coefficient (Wildman–Crippen LogP) is 3.92. The van der Waals surface area contributed by atoms with Crippen LogP contribution in [0.3, 0.4) is 0 Å². The molecule has 1 saturated carbocycles. The molecule has 3 N–H and O–H groups in total. The second kappa shape index (κ2) is 10.3. The maximum Gasteiger partial charge on any atom is 0.236 e. The van der Waals surface area contributed by atoms with E-state index in [9.17, 15) is 9.59 Å². The Morgan fingerprint density at radius 1 is 1.12 bits per heavy atom. The van der Waals surface area contributed by atoms with E-state index in [2.05, 4.69) is 39.9 Å².